The normalized spacial score (nSPS) is 10.1. The predicted octanol–water partition coefficient (Wildman–Crippen LogP) is 1.92. The van der Waals surface area contributed by atoms with E-state index in [1.54, 1.807) is 0 Å². The highest BCUT2D eigenvalue weighted by Gasteiger charge is 2.10. The van der Waals surface area contributed by atoms with E-state index in [1.807, 2.05) is 0 Å². The van der Waals surface area contributed by atoms with Gasteiger partial charge in [-0.15, -0.1) is 0 Å². The van der Waals surface area contributed by atoms with Crippen molar-refractivity contribution in [2.45, 2.75) is 0 Å². The standard InChI is InChI=1S/C11H7BrFN3O2/c12-7-3-6(13)1-2-8(7)16-11(18)9-4-15-10(17)5-14-9/h1-5H,(H,15,17)(H,16,18). The number of nitrogens with one attached hydrogen (secondary N) is 2. The van der Waals surface area contributed by atoms with Gasteiger partial charge in [-0.25, -0.2) is 9.37 Å². The van der Waals surface area contributed by atoms with Crippen molar-refractivity contribution < 1.29 is 9.18 Å². The summed E-state index contributed by atoms with van der Waals surface area (Å²) in [5, 5.41) is 2.54. The van der Waals surface area contributed by atoms with Gasteiger partial charge in [0.15, 0.2) is 0 Å². The van der Waals surface area contributed by atoms with Crippen molar-refractivity contribution in [3.8, 4) is 0 Å². The molecule has 0 aliphatic carbocycles. The number of hydrogen-bond acceptors (Lipinski definition) is 3. The number of nitrogens with zero attached hydrogens (tertiary/aromatic N) is 1. The van der Waals surface area contributed by atoms with Crippen LogP contribution in [0.2, 0.25) is 0 Å². The summed E-state index contributed by atoms with van der Waals surface area (Å²) in [5.41, 5.74) is 0.0785. The van der Waals surface area contributed by atoms with E-state index in [2.05, 4.69) is 31.2 Å². The summed E-state index contributed by atoms with van der Waals surface area (Å²) in [7, 11) is 0. The quantitative estimate of drug-likeness (QED) is 0.890. The van der Waals surface area contributed by atoms with Gasteiger partial charge >= 0.3 is 0 Å². The molecule has 0 fully saturated rings. The molecular formula is C11H7BrFN3O2. The molecule has 0 bridgehead atoms. The first kappa shape index (κ1) is 12.4. The third-order valence-corrected chi connectivity index (χ3v) is 2.74. The van der Waals surface area contributed by atoms with Crippen LogP contribution in [0.15, 0.2) is 39.9 Å². The molecule has 1 heterocycles. The fourth-order valence-corrected chi connectivity index (χ4v) is 1.69. The third kappa shape index (κ3) is 2.80. The Labute approximate surface area is 109 Å². The second kappa shape index (κ2) is 5.09. The molecule has 5 nitrogen and oxygen atoms in total. The van der Waals surface area contributed by atoms with Gasteiger partial charge in [-0.2, -0.15) is 0 Å². The predicted molar refractivity (Wildman–Crippen MR) is 66.9 cm³/mol. The van der Waals surface area contributed by atoms with Gasteiger partial charge in [-0.3, -0.25) is 9.59 Å². The van der Waals surface area contributed by atoms with Gasteiger partial charge in [0.2, 0.25) is 0 Å². The number of carbonyl (C=O) groups is 1. The highest BCUT2D eigenvalue weighted by molar-refractivity contribution is 9.10. The average Bonchev–Trinajstić information content (AvgIpc) is 2.33. The van der Waals surface area contributed by atoms with Gasteiger partial charge in [0, 0.05) is 10.7 Å². The maximum atomic E-state index is 12.9. The smallest absolute Gasteiger partial charge is 0.275 e. The Balaban J connectivity index is 2.21. The minimum atomic E-state index is -0.501. The summed E-state index contributed by atoms with van der Waals surface area (Å²) in [6, 6.07) is 3.87. The molecule has 1 aromatic heterocycles. The molecule has 2 N–H and O–H groups in total. The molecular weight excluding hydrogens is 305 g/mol. The van der Waals surface area contributed by atoms with Gasteiger partial charge in [-0.1, -0.05) is 0 Å². The van der Waals surface area contributed by atoms with E-state index in [4.69, 9.17) is 0 Å². The molecule has 18 heavy (non-hydrogen) atoms. The summed E-state index contributed by atoms with van der Waals surface area (Å²) in [6.45, 7) is 0. The first-order valence-corrected chi connectivity index (χ1v) is 5.67. The van der Waals surface area contributed by atoms with E-state index in [9.17, 15) is 14.0 Å². The van der Waals surface area contributed by atoms with Crippen LogP contribution >= 0.6 is 15.9 Å². The van der Waals surface area contributed by atoms with E-state index < -0.39 is 17.3 Å². The fraction of sp³-hybridized carbons (Fsp3) is 0. The Morgan fingerprint density at radius 1 is 1.44 bits per heavy atom. The van der Waals surface area contributed by atoms with Gasteiger partial charge in [-0.05, 0) is 34.1 Å². The van der Waals surface area contributed by atoms with Gasteiger partial charge < -0.3 is 10.3 Å². The van der Waals surface area contributed by atoms with E-state index in [0.717, 1.165) is 6.20 Å². The van der Waals surface area contributed by atoms with E-state index in [-0.39, 0.29) is 5.69 Å². The highest BCUT2D eigenvalue weighted by Crippen LogP contribution is 2.23. The van der Waals surface area contributed by atoms with Gasteiger partial charge in [0.1, 0.15) is 11.5 Å². The summed E-state index contributed by atoms with van der Waals surface area (Å²) >= 11 is 3.13. The molecule has 0 saturated carbocycles. The number of carbonyl (C=O) groups excluding carboxylic acids is 1. The summed E-state index contributed by atoms with van der Waals surface area (Å²) in [6.07, 6.45) is 2.21. The van der Waals surface area contributed by atoms with Crippen molar-refractivity contribution in [2.75, 3.05) is 5.32 Å². The zero-order valence-corrected chi connectivity index (χ0v) is 10.5. The third-order valence-electron chi connectivity index (χ3n) is 2.08. The lowest BCUT2D eigenvalue weighted by Crippen LogP contribution is -2.17. The molecule has 0 atom stereocenters. The maximum absolute atomic E-state index is 12.9. The minimum Gasteiger partial charge on any atom is -0.325 e. The van der Waals surface area contributed by atoms with Crippen LogP contribution in [-0.4, -0.2) is 15.9 Å². The van der Waals surface area contributed by atoms with Crippen molar-refractivity contribution in [1.82, 2.24) is 9.97 Å². The fourth-order valence-electron chi connectivity index (χ4n) is 1.24. The van der Waals surface area contributed by atoms with Gasteiger partial charge in [0.05, 0.1) is 11.9 Å². The van der Waals surface area contributed by atoms with Crippen molar-refractivity contribution in [3.05, 3.63) is 56.9 Å². The van der Waals surface area contributed by atoms with Crippen molar-refractivity contribution in [3.63, 3.8) is 0 Å². The van der Waals surface area contributed by atoms with E-state index >= 15 is 0 Å². The van der Waals surface area contributed by atoms with Crippen LogP contribution in [0.3, 0.4) is 0 Å². The average molecular weight is 312 g/mol. The molecule has 0 radical (unpaired) electrons. The summed E-state index contributed by atoms with van der Waals surface area (Å²) < 4.78 is 13.3. The maximum Gasteiger partial charge on any atom is 0.275 e. The molecule has 0 aliphatic rings. The zero-order chi connectivity index (χ0) is 13.1. The zero-order valence-electron chi connectivity index (χ0n) is 8.91. The number of anilines is 1. The lowest BCUT2D eigenvalue weighted by Gasteiger charge is -2.06. The van der Waals surface area contributed by atoms with Crippen LogP contribution in [0.25, 0.3) is 0 Å². The minimum absolute atomic E-state index is 0.0609. The second-order valence-corrected chi connectivity index (χ2v) is 4.23. The second-order valence-electron chi connectivity index (χ2n) is 3.37. The molecule has 92 valence electrons. The molecule has 0 unspecified atom stereocenters. The number of hydrogen-bond donors (Lipinski definition) is 2. The topological polar surface area (TPSA) is 74.8 Å². The Kier molecular flexibility index (Phi) is 3.52. The number of aromatic nitrogens is 2. The summed E-state index contributed by atoms with van der Waals surface area (Å²) in [4.78, 5) is 28.6. The Hall–Kier alpha value is -2.02. The van der Waals surface area contributed by atoms with E-state index in [0.29, 0.717) is 10.2 Å². The Bertz CT molecular complexity index is 636. The van der Waals surface area contributed by atoms with Crippen LogP contribution in [0.4, 0.5) is 10.1 Å². The lowest BCUT2D eigenvalue weighted by atomic mass is 10.3. The molecule has 1 amide bonds. The van der Waals surface area contributed by atoms with Crippen molar-refractivity contribution in [2.24, 2.45) is 0 Å². The van der Waals surface area contributed by atoms with Crippen LogP contribution in [-0.2, 0) is 0 Å². The number of rotatable bonds is 2. The van der Waals surface area contributed by atoms with E-state index in [1.165, 1.54) is 24.4 Å². The first-order valence-electron chi connectivity index (χ1n) is 4.87. The Morgan fingerprint density at radius 2 is 2.22 bits per heavy atom. The SMILES string of the molecule is O=C(Nc1ccc(F)cc1Br)c1c[nH]c(=O)cn1. The van der Waals surface area contributed by atoms with Gasteiger partial charge in [0.25, 0.3) is 11.5 Å². The Morgan fingerprint density at radius 3 is 2.83 bits per heavy atom. The molecule has 2 rings (SSSR count). The summed E-state index contributed by atoms with van der Waals surface area (Å²) in [5.74, 6) is -0.916. The number of amides is 1. The largest absolute Gasteiger partial charge is 0.325 e. The molecule has 0 saturated heterocycles. The first-order chi connectivity index (χ1) is 8.56. The molecule has 7 heteroatoms. The molecule has 0 spiro atoms. The highest BCUT2D eigenvalue weighted by atomic mass is 79.9. The van der Waals surface area contributed by atoms with Crippen LogP contribution in [0.1, 0.15) is 10.5 Å². The van der Waals surface area contributed by atoms with Crippen molar-refractivity contribution >= 4 is 27.5 Å². The van der Waals surface area contributed by atoms with Crippen molar-refractivity contribution in [1.29, 1.82) is 0 Å². The molecule has 2 aromatic rings. The molecule has 1 aromatic carbocycles. The van der Waals surface area contributed by atoms with Crippen LogP contribution in [0.5, 0.6) is 0 Å². The lowest BCUT2D eigenvalue weighted by molar-refractivity contribution is 0.102. The molecule has 0 aliphatic heterocycles. The number of aromatic amines is 1. The number of halogens is 2. The van der Waals surface area contributed by atoms with Crippen LogP contribution < -0.4 is 10.9 Å². The number of benzene rings is 1. The number of H-pyrrole nitrogens is 1. The monoisotopic (exact) mass is 311 g/mol. The van der Waals surface area contributed by atoms with Crippen LogP contribution in [0, 0.1) is 5.82 Å².